The number of hydrogen-bond acceptors (Lipinski definition) is 8. The van der Waals surface area contributed by atoms with Crippen LogP contribution in [0.5, 0.6) is 0 Å². The Labute approximate surface area is 131 Å². The van der Waals surface area contributed by atoms with E-state index in [1.807, 2.05) is 0 Å². The molecule has 7 N–H and O–H groups in total. The largest absolute Gasteiger partial charge is 0.382 e. The summed E-state index contributed by atoms with van der Waals surface area (Å²) >= 11 is 0. The predicted octanol–water partition coefficient (Wildman–Crippen LogP) is -0.283. The second-order valence-corrected chi connectivity index (χ2v) is 6.93. The highest BCUT2D eigenvalue weighted by atomic mass is 31.2. The zero-order chi connectivity index (χ0) is 16.6. The molecule has 0 aliphatic heterocycles. The Morgan fingerprint density at radius 3 is 2.70 bits per heavy atom. The molecule has 11 nitrogen and oxygen atoms in total. The first-order valence-electron chi connectivity index (χ1n) is 7.01. The molecular weight excluding hydrogens is 325 g/mol. The smallest absolute Gasteiger partial charge is 0.350 e. The maximum absolute atomic E-state index is 10.8. The topological polar surface area (TPSA) is 174 Å². The van der Waals surface area contributed by atoms with Crippen LogP contribution in [-0.4, -0.2) is 48.3 Å². The predicted molar refractivity (Wildman–Crippen MR) is 83.7 cm³/mol. The first kappa shape index (κ1) is 15.9. The van der Waals surface area contributed by atoms with Crippen LogP contribution in [0.15, 0.2) is 0 Å². The molecule has 0 unspecified atom stereocenters. The van der Waals surface area contributed by atoms with Gasteiger partial charge < -0.3 is 31.3 Å². The number of nitrogens with zero attached hydrogens (tertiary/aromatic N) is 4. The van der Waals surface area contributed by atoms with E-state index in [0.29, 0.717) is 29.7 Å². The highest BCUT2D eigenvalue weighted by Gasteiger charge is 2.25. The van der Waals surface area contributed by atoms with Gasteiger partial charge in [-0.3, -0.25) is 9.13 Å². The number of hydrogen-bond donors (Lipinski definition) is 5. The summed E-state index contributed by atoms with van der Waals surface area (Å²) in [7, 11) is -4.19. The third-order valence-electron chi connectivity index (χ3n) is 3.27. The van der Waals surface area contributed by atoms with E-state index in [9.17, 15) is 4.57 Å². The Balaban J connectivity index is 1.84. The van der Waals surface area contributed by atoms with E-state index < -0.39 is 13.9 Å². The molecule has 0 aromatic carbocycles. The van der Waals surface area contributed by atoms with Crippen LogP contribution in [0, 0.1) is 0 Å². The number of rotatable bonds is 7. The molecule has 0 radical (unpaired) electrons. The van der Waals surface area contributed by atoms with Gasteiger partial charge in [-0.1, -0.05) is 0 Å². The van der Waals surface area contributed by atoms with Gasteiger partial charge in [0.15, 0.2) is 17.0 Å². The lowest BCUT2D eigenvalue weighted by Gasteiger charge is -2.10. The number of aromatic nitrogens is 4. The van der Waals surface area contributed by atoms with Gasteiger partial charge in [-0.2, -0.15) is 9.97 Å². The molecule has 0 atom stereocenters. The highest BCUT2D eigenvalue weighted by Crippen LogP contribution is 2.34. The molecule has 1 aliphatic carbocycles. The van der Waals surface area contributed by atoms with Crippen molar-refractivity contribution in [1.29, 1.82) is 0 Å². The van der Waals surface area contributed by atoms with E-state index in [1.54, 1.807) is 4.57 Å². The van der Waals surface area contributed by atoms with E-state index in [2.05, 4.69) is 20.3 Å². The van der Waals surface area contributed by atoms with Crippen LogP contribution in [0.3, 0.4) is 0 Å². The van der Waals surface area contributed by atoms with Crippen molar-refractivity contribution in [3.63, 3.8) is 0 Å². The Morgan fingerprint density at radius 1 is 1.30 bits per heavy atom. The fraction of sp³-hybridized carbons (Fsp3) is 0.545. The van der Waals surface area contributed by atoms with Gasteiger partial charge in [-0.05, 0) is 12.8 Å². The average molecular weight is 343 g/mol. The monoisotopic (exact) mass is 343 g/mol. The summed E-state index contributed by atoms with van der Waals surface area (Å²) in [5, 5.41) is 3.26. The Bertz CT molecular complexity index is 769. The summed E-state index contributed by atoms with van der Waals surface area (Å²) < 4.78 is 17.5. The van der Waals surface area contributed by atoms with Crippen LogP contribution < -0.4 is 16.8 Å². The van der Waals surface area contributed by atoms with E-state index >= 15 is 0 Å². The maximum Gasteiger partial charge on any atom is 0.350 e. The zero-order valence-electron chi connectivity index (χ0n) is 12.2. The summed E-state index contributed by atoms with van der Waals surface area (Å²) in [6.45, 7) is 0.376. The van der Waals surface area contributed by atoms with Gasteiger partial charge in [-0.15, -0.1) is 0 Å². The third kappa shape index (κ3) is 3.88. The third-order valence-corrected chi connectivity index (χ3v) is 3.79. The first-order valence-corrected chi connectivity index (χ1v) is 8.81. The second kappa shape index (κ2) is 5.93. The van der Waals surface area contributed by atoms with Crippen LogP contribution in [-0.2, 0) is 15.8 Å². The Kier molecular flexibility index (Phi) is 4.11. The van der Waals surface area contributed by atoms with Crippen LogP contribution in [0.4, 0.5) is 17.7 Å². The van der Waals surface area contributed by atoms with Crippen molar-refractivity contribution in [2.45, 2.75) is 25.4 Å². The standard InChI is InChI=1S/C11H18N7O4P/c12-8-7-9(17-10(13)16-8)18(3-4-22-5-23(19,20)21)11(15-7)14-6-1-2-6/h6H,1-5H2,(H,14,15)(H2,19,20,21)(H4,12,13,16,17). The van der Waals surface area contributed by atoms with Gasteiger partial charge in [-0.25, -0.2) is 4.98 Å². The summed E-state index contributed by atoms with van der Waals surface area (Å²) in [5.41, 5.74) is 12.3. The zero-order valence-corrected chi connectivity index (χ0v) is 13.1. The van der Waals surface area contributed by atoms with Crippen molar-refractivity contribution >= 4 is 36.5 Å². The van der Waals surface area contributed by atoms with Gasteiger partial charge in [0.1, 0.15) is 6.35 Å². The van der Waals surface area contributed by atoms with Gasteiger partial charge >= 0.3 is 7.60 Å². The van der Waals surface area contributed by atoms with Gasteiger partial charge in [0, 0.05) is 6.04 Å². The van der Waals surface area contributed by atoms with Crippen LogP contribution in [0.1, 0.15) is 12.8 Å². The Morgan fingerprint density at radius 2 is 2.04 bits per heavy atom. The SMILES string of the molecule is Nc1nc(N)c2nc(NC3CC3)n(CCOCP(=O)(O)O)c2n1. The summed E-state index contributed by atoms with van der Waals surface area (Å²) in [6, 6.07) is 0.355. The summed E-state index contributed by atoms with van der Waals surface area (Å²) in [6.07, 6.45) is 1.48. The second-order valence-electron chi connectivity index (χ2n) is 5.35. The lowest BCUT2D eigenvalue weighted by molar-refractivity contribution is 0.150. The number of imidazole rings is 1. The fourth-order valence-corrected chi connectivity index (χ4v) is 2.48. The van der Waals surface area contributed by atoms with E-state index in [4.69, 9.17) is 26.0 Å². The van der Waals surface area contributed by atoms with Gasteiger partial charge in [0.2, 0.25) is 11.9 Å². The normalized spacial score (nSPS) is 15.2. The van der Waals surface area contributed by atoms with Crippen molar-refractivity contribution in [2.24, 2.45) is 0 Å². The number of anilines is 3. The van der Waals surface area contributed by atoms with Crippen LogP contribution >= 0.6 is 7.60 Å². The van der Waals surface area contributed by atoms with Crippen molar-refractivity contribution in [2.75, 3.05) is 29.7 Å². The quantitative estimate of drug-likeness (QED) is 0.332. The molecule has 23 heavy (non-hydrogen) atoms. The molecule has 2 aromatic rings. The molecule has 1 aliphatic rings. The minimum atomic E-state index is -4.19. The molecule has 1 saturated carbocycles. The molecule has 0 spiro atoms. The Hall–Kier alpha value is -1.94. The van der Waals surface area contributed by atoms with Crippen LogP contribution in [0.2, 0.25) is 0 Å². The molecule has 3 rings (SSSR count). The molecule has 0 amide bonds. The van der Waals surface area contributed by atoms with E-state index in [-0.39, 0.29) is 18.4 Å². The number of fused-ring (bicyclic) bond motifs is 1. The number of nitrogens with one attached hydrogen (secondary N) is 1. The van der Waals surface area contributed by atoms with E-state index in [1.165, 1.54) is 0 Å². The molecule has 0 bridgehead atoms. The van der Waals surface area contributed by atoms with Gasteiger partial charge in [0.05, 0.1) is 13.2 Å². The molecule has 12 heteroatoms. The van der Waals surface area contributed by atoms with Crippen LogP contribution in [0.25, 0.3) is 11.2 Å². The number of ether oxygens (including phenoxy) is 1. The molecular formula is C11H18N7O4P. The molecule has 2 aromatic heterocycles. The molecule has 0 saturated heterocycles. The van der Waals surface area contributed by atoms with Crippen molar-refractivity contribution in [3.05, 3.63) is 0 Å². The lowest BCUT2D eigenvalue weighted by atomic mass is 10.5. The summed E-state index contributed by atoms with van der Waals surface area (Å²) in [5.74, 6) is 0.778. The first-order chi connectivity index (χ1) is 10.8. The average Bonchev–Trinajstić information content (AvgIpc) is 3.17. The molecule has 126 valence electrons. The van der Waals surface area contributed by atoms with Crippen molar-refractivity contribution in [1.82, 2.24) is 19.5 Å². The lowest BCUT2D eigenvalue weighted by Crippen LogP contribution is -2.13. The minimum absolute atomic E-state index is 0.0326. The summed E-state index contributed by atoms with van der Waals surface area (Å²) in [4.78, 5) is 30.0. The molecule has 1 fully saturated rings. The van der Waals surface area contributed by atoms with Gasteiger partial charge in [0.25, 0.3) is 0 Å². The number of nitrogen functional groups attached to an aromatic ring is 2. The fourth-order valence-electron chi connectivity index (χ4n) is 2.11. The van der Waals surface area contributed by atoms with Crippen molar-refractivity contribution in [3.8, 4) is 0 Å². The number of nitrogens with two attached hydrogens (primary N) is 2. The molecule has 2 heterocycles. The highest BCUT2D eigenvalue weighted by molar-refractivity contribution is 7.51. The minimum Gasteiger partial charge on any atom is -0.382 e. The maximum atomic E-state index is 10.8. The van der Waals surface area contributed by atoms with E-state index in [0.717, 1.165) is 12.8 Å². The van der Waals surface area contributed by atoms with Crippen molar-refractivity contribution < 1.29 is 19.1 Å².